The van der Waals surface area contributed by atoms with Gasteiger partial charge in [-0.15, -0.1) is 11.3 Å². The van der Waals surface area contributed by atoms with Crippen LogP contribution in [0, 0.1) is 0 Å². The van der Waals surface area contributed by atoms with Crippen LogP contribution in [0.4, 0.5) is 9.93 Å². The second-order valence-electron chi connectivity index (χ2n) is 6.43. The third kappa shape index (κ3) is 6.16. The fourth-order valence-electron chi connectivity index (χ4n) is 2.53. The average Bonchev–Trinajstić information content (AvgIpc) is 3.20. The molecule has 0 aliphatic rings. The molecule has 7 nitrogen and oxygen atoms in total. The highest BCUT2D eigenvalue weighted by Gasteiger charge is 2.15. The lowest BCUT2D eigenvalue weighted by atomic mass is 10.0. The summed E-state index contributed by atoms with van der Waals surface area (Å²) in [4.78, 5) is 32.7. The molecule has 3 rings (SSSR count). The van der Waals surface area contributed by atoms with Gasteiger partial charge in [-0.25, -0.2) is 9.78 Å². The number of nitrogens with one attached hydrogen (secondary N) is 3. The minimum atomic E-state index is -0.392. The van der Waals surface area contributed by atoms with Crippen LogP contribution in [0.3, 0.4) is 0 Å². The van der Waals surface area contributed by atoms with Crippen LogP contribution in [0.5, 0.6) is 0 Å². The number of carbonyl (C=O) groups is 2. The minimum absolute atomic E-state index is 0.120. The molecule has 1 unspecified atom stereocenters. The van der Waals surface area contributed by atoms with Gasteiger partial charge in [0.1, 0.15) is 0 Å². The summed E-state index contributed by atoms with van der Waals surface area (Å²) >= 11 is 13.1. The second kappa shape index (κ2) is 10.4. The topological polar surface area (TPSA) is 96.0 Å². The number of thiazole rings is 1. The minimum Gasteiger partial charge on any atom is -0.350 e. The van der Waals surface area contributed by atoms with Crippen LogP contribution in [0.2, 0.25) is 10.0 Å². The van der Waals surface area contributed by atoms with Gasteiger partial charge in [-0.3, -0.25) is 15.1 Å². The zero-order chi connectivity index (χ0) is 21.5. The van der Waals surface area contributed by atoms with Gasteiger partial charge in [-0.2, -0.15) is 0 Å². The molecular weight excluding hydrogens is 445 g/mol. The third-order valence-electron chi connectivity index (χ3n) is 4.23. The molecule has 0 fully saturated rings. The molecule has 30 heavy (non-hydrogen) atoms. The fraction of sp³-hybridized carbons (Fsp3) is 0.200. The zero-order valence-electron chi connectivity index (χ0n) is 16.0. The first-order valence-electron chi connectivity index (χ1n) is 9.03. The van der Waals surface area contributed by atoms with E-state index in [-0.39, 0.29) is 18.4 Å². The van der Waals surface area contributed by atoms with Crippen molar-refractivity contribution in [2.45, 2.75) is 25.9 Å². The monoisotopic (exact) mass is 463 g/mol. The summed E-state index contributed by atoms with van der Waals surface area (Å²) < 4.78 is 0. The van der Waals surface area contributed by atoms with Gasteiger partial charge in [0.25, 0.3) is 0 Å². The zero-order valence-corrected chi connectivity index (χ0v) is 18.3. The van der Waals surface area contributed by atoms with Gasteiger partial charge in [-0.05, 0) is 36.2 Å². The standard InChI is InChI=1S/C20H19Cl2N5O2S/c1-12(14-3-2-6-23-9-14)18(28)24-10-15-11-30-20(26-15)27-19(29)25-8-13-4-5-16(21)17(22)7-13/h2-7,9,11-12H,8,10H2,1H3,(H,24,28)(H2,25,26,27,29). The number of hydrogen-bond acceptors (Lipinski definition) is 5. The van der Waals surface area contributed by atoms with Gasteiger partial charge in [0, 0.05) is 24.3 Å². The summed E-state index contributed by atoms with van der Waals surface area (Å²) in [5, 5.41) is 11.4. The second-order valence-corrected chi connectivity index (χ2v) is 8.10. The van der Waals surface area contributed by atoms with E-state index in [1.165, 1.54) is 11.3 Å². The van der Waals surface area contributed by atoms with Gasteiger partial charge >= 0.3 is 6.03 Å². The maximum atomic E-state index is 12.3. The molecule has 0 radical (unpaired) electrons. The Bertz CT molecular complexity index is 1030. The molecule has 156 valence electrons. The molecule has 0 aliphatic heterocycles. The molecule has 3 N–H and O–H groups in total. The maximum Gasteiger partial charge on any atom is 0.321 e. The van der Waals surface area contributed by atoms with E-state index < -0.39 is 6.03 Å². The summed E-state index contributed by atoms with van der Waals surface area (Å²) in [6.07, 6.45) is 3.34. The van der Waals surface area contributed by atoms with Gasteiger partial charge in [0.2, 0.25) is 5.91 Å². The summed E-state index contributed by atoms with van der Waals surface area (Å²) in [6.45, 7) is 2.38. The van der Waals surface area contributed by atoms with Crippen molar-refractivity contribution >= 4 is 51.6 Å². The fourth-order valence-corrected chi connectivity index (χ4v) is 3.56. The molecule has 3 amide bonds. The SMILES string of the molecule is CC(C(=O)NCc1csc(NC(=O)NCc2ccc(Cl)c(Cl)c2)n1)c1cccnc1. The van der Waals surface area contributed by atoms with Crippen LogP contribution in [0.25, 0.3) is 0 Å². The lowest BCUT2D eigenvalue weighted by Gasteiger charge is -2.11. The molecule has 10 heteroatoms. The molecule has 0 spiro atoms. The lowest BCUT2D eigenvalue weighted by Crippen LogP contribution is -2.28. The Morgan fingerprint density at radius 1 is 1.13 bits per heavy atom. The molecular formula is C20H19Cl2N5O2S. The first-order chi connectivity index (χ1) is 14.4. The van der Waals surface area contributed by atoms with E-state index in [1.807, 2.05) is 13.0 Å². The van der Waals surface area contributed by atoms with E-state index in [1.54, 1.807) is 42.0 Å². The number of rotatable bonds is 7. The molecule has 3 aromatic rings. The molecule has 0 saturated heterocycles. The third-order valence-corrected chi connectivity index (χ3v) is 5.78. The molecule has 0 aliphatic carbocycles. The molecule has 2 aromatic heterocycles. The normalized spacial score (nSPS) is 11.6. The van der Waals surface area contributed by atoms with Gasteiger partial charge < -0.3 is 10.6 Å². The Balaban J connectivity index is 1.45. The number of urea groups is 1. The van der Waals surface area contributed by atoms with E-state index in [0.717, 1.165) is 11.1 Å². The smallest absolute Gasteiger partial charge is 0.321 e. The van der Waals surface area contributed by atoms with Crippen molar-refractivity contribution in [3.05, 3.63) is 75.0 Å². The number of aromatic nitrogens is 2. The first kappa shape index (κ1) is 22.0. The first-order valence-corrected chi connectivity index (χ1v) is 10.7. The van der Waals surface area contributed by atoms with Crippen LogP contribution in [0.15, 0.2) is 48.1 Å². The van der Waals surface area contributed by atoms with E-state index in [2.05, 4.69) is 25.9 Å². The number of benzene rings is 1. The highest BCUT2D eigenvalue weighted by Crippen LogP contribution is 2.22. The van der Waals surface area contributed by atoms with Crippen LogP contribution in [0.1, 0.15) is 29.7 Å². The average molecular weight is 464 g/mol. The summed E-state index contributed by atoms with van der Waals surface area (Å²) in [7, 11) is 0. The maximum absolute atomic E-state index is 12.3. The number of hydrogen-bond donors (Lipinski definition) is 3. The lowest BCUT2D eigenvalue weighted by molar-refractivity contribution is -0.122. The number of pyridine rings is 1. The van der Waals surface area contributed by atoms with Gasteiger partial charge in [-0.1, -0.05) is 35.3 Å². The van der Waals surface area contributed by atoms with Crippen molar-refractivity contribution in [2.24, 2.45) is 0 Å². The van der Waals surface area contributed by atoms with Crippen molar-refractivity contribution in [1.29, 1.82) is 0 Å². The van der Waals surface area contributed by atoms with E-state index >= 15 is 0 Å². The van der Waals surface area contributed by atoms with Crippen LogP contribution >= 0.6 is 34.5 Å². The molecule has 0 bridgehead atoms. The van der Waals surface area contributed by atoms with Gasteiger partial charge in [0.05, 0.1) is 28.2 Å². The summed E-state index contributed by atoms with van der Waals surface area (Å²) in [6, 6.07) is 8.42. The predicted octanol–water partition coefficient (Wildman–Crippen LogP) is 4.59. The quantitative estimate of drug-likeness (QED) is 0.477. The van der Waals surface area contributed by atoms with Crippen LogP contribution < -0.4 is 16.0 Å². The van der Waals surface area contributed by atoms with Crippen molar-refractivity contribution in [3.8, 4) is 0 Å². The molecule has 1 aromatic carbocycles. The number of carbonyl (C=O) groups excluding carboxylic acids is 2. The number of amides is 3. The molecule has 0 saturated carbocycles. The Morgan fingerprint density at radius 2 is 1.97 bits per heavy atom. The van der Waals surface area contributed by atoms with Crippen molar-refractivity contribution in [1.82, 2.24) is 20.6 Å². The van der Waals surface area contributed by atoms with E-state index in [4.69, 9.17) is 23.2 Å². The Hall–Kier alpha value is -2.68. The van der Waals surface area contributed by atoms with E-state index in [9.17, 15) is 9.59 Å². The predicted molar refractivity (Wildman–Crippen MR) is 119 cm³/mol. The van der Waals surface area contributed by atoms with Gasteiger partial charge in [0.15, 0.2) is 5.13 Å². The highest BCUT2D eigenvalue weighted by molar-refractivity contribution is 7.13. The summed E-state index contributed by atoms with van der Waals surface area (Å²) in [5.74, 6) is -0.438. The number of halogens is 2. The van der Waals surface area contributed by atoms with Crippen molar-refractivity contribution in [2.75, 3.05) is 5.32 Å². The Morgan fingerprint density at radius 3 is 2.70 bits per heavy atom. The van der Waals surface area contributed by atoms with Crippen molar-refractivity contribution < 1.29 is 9.59 Å². The molecule has 2 heterocycles. The highest BCUT2D eigenvalue weighted by atomic mass is 35.5. The van der Waals surface area contributed by atoms with Crippen LogP contribution in [-0.2, 0) is 17.9 Å². The van der Waals surface area contributed by atoms with Crippen molar-refractivity contribution in [3.63, 3.8) is 0 Å². The largest absolute Gasteiger partial charge is 0.350 e. The van der Waals surface area contributed by atoms with E-state index in [0.29, 0.717) is 27.4 Å². The van der Waals surface area contributed by atoms with Crippen LogP contribution in [-0.4, -0.2) is 21.9 Å². The Labute approximate surface area is 187 Å². The number of anilines is 1. The Kier molecular flexibility index (Phi) is 7.62. The number of nitrogens with zero attached hydrogens (tertiary/aromatic N) is 2. The molecule has 1 atom stereocenters. The summed E-state index contributed by atoms with van der Waals surface area (Å²) in [5.41, 5.74) is 2.32.